The molecule has 0 unspecified atom stereocenters. The maximum atomic E-state index is 13.2. The monoisotopic (exact) mass is 579 g/mol. The second-order valence-electron chi connectivity index (χ2n) is 12.0. The van der Waals surface area contributed by atoms with E-state index in [1.807, 2.05) is 18.9 Å². The van der Waals surface area contributed by atoms with Gasteiger partial charge >= 0.3 is 6.18 Å². The Labute approximate surface area is 237 Å². The molecule has 0 bridgehead atoms. The Hall–Kier alpha value is -2.86. The highest BCUT2D eigenvalue weighted by Gasteiger charge is 2.37. The zero-order valence-electron chi connectivity index (χ0n) is 23.7. The molecule has 2 aromatic heterocycles. The minimum atomic E-state index is -4.73. The predicted octanol–water partition coefficient (Wildman–Crippen LogP) is 4.57. The van der Waals surface area contributed by atoms with Gasteiger partial charge in [0.15, 0.2) is 0 Å². The first kappa shape index (κ1) is 31.1. The third-order valence-electron chi connectivity index (χ3n) is 8.48. The molecule has 2 heterocycles. The maximum Gasteiger partial charge on any atom is 0.422 e. The van der Waals surface area contributed by atoms with Crippen molar-refractivity contribution in [1.29, 1.82) is 0 Å². The molecule has 3 N–H and O–H groups in total. The quantitative estimate of drug-likeness (QED) is 0.314. The van der Waals surface area contributed by atoms with E-state index in [1.54, 1.807) is 6.20 Å². The molecule has 41 heavy (non-hydrogen) atoms. The Morgan fingerprint density at radius 2 is 1.95 bits per heavy atom. The number of aliphatic hydroxyl groups is 1. The van der Waals surface area contributed by atoms with Crippen LogP contribution in [0.2, 0.25) is 0 Å². The van der Waals surface area contributed by atoms with Crippen molar-refractivity contribution in [2.45, 2.75) is 103 Å². The van der Waals surface area contributed by atoms with Gasteiger partial charge in [-0.2, -0.15) is 18.3 Å². The standard InChI is InChI=1S/C29H40F3N5O4/c1-18(4-3-5-21-15-34-36-27(39)26(21)29(30,31)32)17-41-37-25(38)14-20-8-6-19(7-9-20)10-11-24-33-16-22-23(35-24)12-13-28(22,2)40/h15-16,18-20,40H,3-14,17H2,1-2H3,(H,36,39)(H,37,38)/t18-,19?,20?,28-/m1/s1. The van der Waals surface area contributed by atoms with Crippen LogP contribution in [0.15, 0.2) is 17.2 Å². The summed E-state index contributed by atoms with van der Waals surface area (Å²) in [6.45, 7) is 3.96. The van der Waals surface area contributed by atoms with Gasteiger partial charge in [-0.3, -0.25) is 14.4 Å². The minimum absolute atomic E-state index is 0.0119. The number of carbonyl (C=O) groups excluding carboxylic acids is 1. The zero-order chi connectivity index (χ0) is 29.6. The van der Waals surface area contributed by atoms with Crippen LogP contribution in [0.5, 0.6) is 0 Å². The SMILES string of the molecule is C[C@H](CCCc1cn[nH]c(=O)c1C(F)(F)F)CONC(=O)CC1CCC(CCc2ncc3c(n2)CC[C@@]3(C)O)CC1. The lowest BCUT2D eigenvalue weighted by atomic mass is 9.78. The Morgan fingerprint density at radius 1 is 1.22 bits per heavy atom. The molecule has 0 aromatic carbocycles. The van der Waals surface area contributed by atoms with E-state index in [4.69, 9.17) is 4.84 Å². The maximum absolute atomic E-state index is 13.2. The van der Waals surface area contributed by atoms with Gasteiger partial charge in [0.2, 0.25) is 5.91 Å². The fraction of sp³-hybridized carbons (Fsp3) is 0.690. The van der Waals surface area contributed by atoms with E-state index in [0.717, 1.165) is 68.2 Å². The summed E-state index contributed by atoms with van der Waals surface area (Å²) in [5, 5.41) is 15.7. The first-order valence-electron chi connectivity index (χ1n) is 14.5. The van der Waals surface area contributed by atoms with Crippen LogP contribution in [0.1, 0.15) is 99.8 Å². The van der Waals surface area contributed by atoms with Crippen molar-refractivity contribution in [2.75, 3.05) is 6.61 Å². The van der Waals surface area contributed by atoms with Crippen LogP contribution >= 0.6 is 0 Å². The van der Waals surface area contributed by atoms with Crippen LogP contribution in [0.4, 0.5) is 13.2 Å². The number of amides is 1. The number of rotatable bonds is 12. The van der Waals surface area contributed by atoms with Crippen LogP contribution in [0.3, 0.4) is 0 Å². The summed E-state index contributed by atoms with van der Waals surface area (Å²) in [6, 6.07) is 0. The average Bonchev–Trinajstić information content (AvgIpc) is 3.21. The number of nitrogens with one attached hydrogen (secondary N) is 2. The molecular formula is C29H40F3N5O4. The highest BCUT2D eigenvalue weighted by molar-refractivity contribution is 5.75. The van der Waals surface area contributed by atoms with E-state index >= 15 is 0 Å². The second-order valence-corrected chi connectivity index (χ2v) is 12.0. The highest BCUT2D eigenvalue weighted by Crippen LogP contribution is 2.36. The molecule has 0 aliphatic heterocycles. The summed E-state index contributed by atoms with van der Waals surface area (Å²) in [6.07, 6.45) is 7.00. The Kier molecular flexibility index (Phi) is 10.2. The lowest BCUT2D eigenvalue weighted by Crippen LogP contribution is -2.29. The lowest BCUT2D eigenvalue weighted by Gasteiger charge is -2.28. The average molecular weight is 580 g/mol. The molecule has 2 aliphatic carbocycles. The zero-order valence-corrected chi connectivity index (χ0v) is 23.7. The fourth-order valence-corrected chi connectivity index (χ4v) is 6.00. The molecule has 1 amide bonds. The van der Waals surface area contributed by atoms with E-state index in [9.17, 15) is 27.9 Å². The summed E-state index contributed by atoms with van der Waals surface area (Å²) in [5.41, 5.74) is 0.960. The lowest BCUT2D eigenvalue weighted by molar-refractivity contribution is -0.139. The van der Waals surface area contributed by atoms with Gasteiger partial charge in [-0.15, -0.1) is 0 Å². The third kappa shape index (κ3) is 8.57. The fourth-order valence-electron chi connectivity index (χ4n) is 6.00. The van der Waals surface area contributed by atoms with Crippen molar-refractivity contribution in [3.8, 4) is 0 Å². The van der Waals surface area contributed by atoms with Crippen molar-refractivity contribution in [2.24, 2.45) is 17.8 Å². The first-order valence-corrected chi connectivity index (χ1v) is 14.5. The largest absolute Gasteiger partial charge is 0.422 e. The van der Waals surface area contributed by atoms with E-state index in [2.05, 4.69) is 20.5 Å². The van der Waals surface area contributed by atoms with Crippen molar-refractivity contribution in [3.63, 3.8) is 0 Å². The van der Waals surface area contributed by atoms with Crippen LogP contribution in [-0.4, -0.2) is 37.8 Å². The van der Waals surface area contributed by atoms with Gasteiger partial charge in [0.05, 0.1) is 24.1 Å². The summed E-state index contributed by atoms with van der Waals surface area (Å²) in [7, 11) is 0. The molecule has 0 radical (unpaired) electrons. The smallest absolute Gasteiger partial charge is 0.385 e. The van der Waals surface area contributed by atoms with Gasteiger partial charge in [0.25, 0.3) is 5.56 Å². The summed E-state index contributed by atoms with van der Waals surface area (Å²) < 4.78 is 39.5. The first-order chi connectivity index (χ1) is 19.4. The molecular weight excluding hydrogens is 539 g/mol. The van der Waals surface area contributed by atoms with Crippen LogP contribution in [-0.2, 0) is 40.7 Å². The normalized spacial score (nSPS) is 23.3. The molecule has 2 aliphatic rings. The van der Waals surface area contributed by atoms with Crippen molar-refractivity contribution in [3.05, 3.63) is 51.0 Å². The molecule has 2 aromatic rings. The van der Waals surface area contributed by atoms with Gasteiger partial charge in [-0.1, -0.05) is 19.8 Å². The van der Waals surface area contributed by atoms with Crippen molar-refractivity contribution in [1.82, 2.24) is 25.6 Å². The van der Waals surface area contributed by atoms with Crippen LogP contribution in [0, 0.1) is 17.8 Å². The number of hydrogen-bond acceptors (Lipinski definition) is 7. The number of aromatic amines is 1. The molecule has 226 valence electrons. The Balaban J connectivity index is 1.08. The number of carbonyl (C=O) groups is 1. The topological polar surface area (TPSA) is 130 Å². The van der Waals surface area contributed by atoms with Crippen molar-refractivity contribution < 1.29 is 27.9 Å². The number of alkyl halides is 3. The summed E-state index contributed by atoms with van der Waals surface area (Å²) in [5.74, 6) is 1.60. The molecule has 1 fully saturated rings. The van der Waals surface area contributed by atoms with Gasteiger partial charge in [-0.25, -0.2) is 20.5 Å². The molecule has 9 nitrogen and oxygen atoms in total. The molecule has 12 heteroatoms. The van der Waals surface area contributed by atoms with E-state index in [1.165, 1.54) is 0 Å². The van der Waals surface area contributed by atoms with E-state index in [-0.39, 0.29) is 30.4 Å². The predicted molar refractivity (Wildman–Crippen MR) is 144 cm³/mol. The number of nitrogens with zero attached hydrogens (tertiary/aromatic N) is 3. The van der Waals surface area contributed by atoms with E-state index in [0.29, 0.717) is 37.5 Å². The number of hydrogen-bond donors (Lipinski definition) is 3. The molecule has 1 saturated carbocycles. The summed E-state index contributed by atoms with van der Waals surface area (Å²) >= 11 is 0. The van der Waals surface area contributed by atoms with Gasteiger partial charge in [0.1, 0.15) is 11.4 Å². The Bertz CT molecular complexity index is 1240. The van der Waals surface area contributed by atoms with Gasteiger partial charge < -0.3 is 5.11 Å². The molecule has 0 spiro atoms. The third-order valence-corrected chi connectivity index (χ3v) is 8.48. The second kappa shape index (κ2) is 13.4. The Morgan fingerprint density at radius 3 is 2.68 bits per heavy atom. The number of H-pyrrole nitrogens is 1. The van der Waals surface area contributed by atoms with Crippen LogP contribution in [0.25, 0.3) is 0 Å². The highest BCUT2D eigenvalue weighted by atomic mass is 19.4. The number of fused-ring (bicyclic) bond motifs is 1. The van der Waals surface area contributed by atoms with Crippen molar-refractivity contribution >= 4 is 5.91 Å². The number of halogens is 3. The number of aromatic nitrogens is 4. The number of hydroxylamine groups is 1. The van der Waals surface area contributed by atoms with Gasteiger partial charge in [0, 0.05) is 24.6 Å². The van der Waals surface area contributed by atoms with Gasteiger partial charge in [-0.05, 0) is 81.6 Å². The molecule has 4 rings (SSSR count). The number of aryl methyl sites for hydroxylation is 3. The summed E-state index contributed by atoms with van der Waals surface area (Å²) in [4.78, 5) is 38.5. The minimum Gasteiger partial charge on any atom is -0.385 e. The van der Waals surface area contributed by atoms with Crippen LogP contribution < -0.4 is 11.0 Å². The molecule has 0 saturated heterocycles. The van der Waals surface area contributed by atoms with E-state index < -0.39 is 22.9 Å². The molecule has 2 atom stereocenters.